The van der Waals surface area contributed by atoms with Crippen molar-refractivity contribution in [1.29, 1.82) is 0 Å². The maximum absolute atomic E-state index is 12.5. The van der Waals surface area contributed by atoms with E-state index in [9.17, 15) is 4.79 Å². The first-order valence-corrected chi connectivity index (χ1v) is 7.00. The van der Waals surface area contributed by atoms with Crippen LogP contribution in [-0.2, 0) is 0 Å². The van der Waals surface area contributed by atoms with Gasteiger partial charge in [0.2, 0.25) is 0 Å². The number of nitrogens with zero attached hydrogens (tertiary/aromatic N) is 2. The molecule has 0 heterocycles. The van der Waals surface area contributed by atoms with Crippen LogP contribution in [-0.4, -0.2) is 49.4 Å². The second-order valence-corrected chi connectivity index (χ2v) is 5.22. The Balaban J connectivity index is 2.75. The van der Waals surface area contributed by atoms with Crippen molar-refractivity contribution in [3.8, 4) is 0 Å². The molecule has 0 bridgehead atoms. The summed E-state index contributed by atoms with van der Waals surface area (Å²) in [7, 11) is 4.08. The lowest BCUT2D eigenvalue weighted by Gasteiger charge is -2.23. The zero-order chi connectivity index (χ0) is 15.1. The van der Waals surface area contributed by atoms with E-state index >= 15 is 0 Å². The highest BCUT2D eigenvalue weighted by Gasteiger charge is 2.16. The van der Waals surface area contributed by atoms with Gasteiger partial charge in [-0.1, -0.05) is 0 Å². The predicted octanol–water partition coefficient (Wildman–Crippen LogP) is 1.69. The van der Waals surface area contributed by atoms with Crippen molar-refractivity contribution in [3.05, 3.63) is 29.3 Å². The molecule has 0 aliphatic heterocycles. The molecule has 1 aromatic rings. The maximum atomic E-state index is 12.5. The fraction of sp³-hybridized carbons (Fsp3) is 0.533. The van der Waals surface area contributed by atoms with Crippen LogP contribution in [0.2, 0.25) is 0 Å². The maximum Gasteiger partial charge on any atom is 0.254 e. The number of nitrogens with two attached hydrogens (primary N) is 1. The van der Waals surface area contributed by atoms with Crippen LogP contribution in [0.1, 0.15) is 29.3 Å². The van der Waals surface area contributed by atoms with Crippen LogP contribution in [0.3, 0.4) is 0 Å². The number of amides is 1. The Kier molecular flexibility index (Phi) is 6.48. The summed E-state index contributed by atoms with van der Waals surface area (Å²) >= 11 is 0. The topological polar surface area (TPSA) is 61.6 Å². The molecule has 112 valence electrons. The molecule has 0 spiro atoms. The molecule has 1 amide bonds. The number of benzene rings is 1. The Hall–Kier alpha value is -1.59. The van der Waals surface area contributed by atoms with E-state index in [-0.39, 0.29) is 5.91 Å². The Morgan fingerprint density at radius 2 is 2.00 bits per heavy atom. The van der Waals surface area contributed by atoms with E-state index in [1.165, 1.54) is 0 Å². The molecule has 0 aliphatic rings. The Labute approximate surface area is 121 Å². The van der Waals surface area contributed by atoms with Crippen molar-refractivity contribution in [2.45, 2.75) is 20.3 Å². The number of nitrogen functional groups attached to an aromatic ring is 1. The van der Waals surface area contributed by atoms with Crippen LogP contribution in [0, 0.1) is 6.92 Å². The fourth-order valence-electron chi connectivity index (χ4n) is 2.14. The van der Waals surface area contributed by atoms with Crippen molar-refractivity contribution in [1.82, 2.24) is 9.80 Å². The fourth-order valence-corrected chi connectivity index (χ4v) is 2.14. The number of carbonyl (C=O) groups is 1. The second kappa shape index (κ2) is 7.87. The van der Waals surface area contributed by atoms with Crippen LogP contribution >= 0.6 is 0 Å². The number of anilines is 1. The molecule has 0 unspecified atom stereocenters. The van der Waals surface area contributed by atoms with E-state index in [1.54, 1.807) is 0 Å². The monoisotopic (exact) mass is 278 g/mol. The van der Waals surface area contributed by atoms with Gasteiger partial charge < -0.3 is 15.2 Å². The normalized spacial score (nSPS) is 10.7. The van der Waals surface area contributed by atoms with Crippen molar-refractivity contribution >= 4 is 11.6 Å². The number of hydrogen-bond acceptors (Lipinski definition) is 4. The van der Waals surface area contributed by atoms with Crippen LogP contribution in [0.5, 0.6) is 0 Å². The molecule has 3 N–H and O–H groups in total. The summed E-state index contributed by atoms with van der Waals surface area (Å²) in [5, 5.41) is 0. The minimum atomic E-state index is 0.0901. The van der Waals surface area contributed by atoms with Gasteiger partial charge in [-0.3, -0.25) is 10.6 Å². The van der Waals surface area contributed by atoms with Crippen LogP contribution in [0.4, 0.5) is 5.69 Å². The summed E-state index contributed by atoms with van der Waals surface area (Å²) < 4.78 is 0. The second-order valence-electron chi connectivity index (χ2n) is 5.22. The Bertz CT molecular complexity index is 445. The van der Waals surface area contributed by atoms with Crippen molar-refractivity contribution in [3.63, 3.8) is 0 Å². The van der Waals surface area contributed by atoms with Crippen LogP contribution in [0.15, 0.2) is 18.2 Å². The molecule has 0 aliphatic carbocycles. The van der Waals surface area contributed by atoms with Gasteiger partial charge in [0.25, 0.3) is 5.91 Å². The summed E-state index contributed by atoms with van der Waals surface area (Å²) in [4.78, 5) is 16.6. The lowest BCUT2D eigenvalue weighted by atomic mass is 10.1. The van der Waals surface area contributed by atoms with Gasteiger partial charge in [-0.25, -0.2) is 0 Å². The standard InChI is InChI=1S/C15H26N4O/c1-5-19(10-6-9-18(3)4)15(20)14-8-7-13(17-16)11-12(14)2/h7-8,11,17H,5-6,9-10,16H2,1-4H3. The van der Waals surface area contributed by atoms with E-state index in [0.717, 1.165) is 42.9 Å². The highest BCUT2D eigenvalue weighted by molar-refractivity contribution is 5.96. The third-order valence-electron chi connectivity index (χ3n) is 3.33. The SMILES string of the molecule is CCN(CCCN(C)C)C(=O)c1ccc(NN)cc1C. The Morgan fingerprint density at radius 3 is 2.50 bits per heavy atom. The highest BCUT2D eigenvalue weighted by atomic mass is 16.2. The van der Waals surface area contributed by atoms with E-state index < -0.39 is 0 Å². The summed E-state index contributed by atoms with van der Waals surface area (Å²) in [6, 6.07) is 5.55. The minimum Gasteiger partial charge on any atom is -0.339 e. The van der Waals surface area contributed by atoms with Gasteiger partial charge in [-0.2, -0.15) is 0 Å². The molecule has 0 radical (unpaired) electrons. The predicted molar refractivity (Wildman–Crippen MR) is 83.7 cm³/mol. The molecule has 0 fully saturated rings. The van der Waals surface area contributed by atoms with Gasteiger partial charge >= 0.3 is 0 Å². The van der Waals surface area contributed by atoms with Gasteiger partial charge in [0.15, 0.2) is 0 Å². The van der Waals surface area contributed by atoms with Gasteiger partial charge in [-0.05, 0) is 64.7 Å². The zero-order valence-electron chi connectivity index (χ0n) is 12.9. The first-order chi connectivity index (χ1) is 9.49. The first-order valence-electron chi connectivity index (χ1n) is 7.00. The third-order valence-corrected chi connectivity index (χ3v) is 3.33. The quantitative estimate of drug-likeness (QED) is 0.588. The van der Waals surface area contributed by atoms with E-state index in [2.05, 4.69) is 10.3 Å². The molecule has 0 atom stereocenters. The first kappa shape index (κ1) is 16.5. The number of rotatable bonds is 7. The summed E-state index contributed by atoms with van der Waals surface area (Å²) in [6.07, 6.45) is 0.980. The zero-order valence-corrected chi connectivity index (χ0v) is 12.9. The Morgan fingerprint density at radius 1 is 1.30 bits per heavy atom. The van der Waals surface area contributed by atoms with Crippen molar-refractivity contribution in [2.75, 3.05) is 39.2 Å². The molecular formula is C15H26N4O. The van der Waals surface area contributed by atoms with E-state index in [4.69, 9.17) is 5.84 Å². The van der Waals surface area contributed by atoms with Gasteiger partial charge in [0, 0.05) is 24.3 Å². The molecule has 1 aromatic carbocycles. The number of hydrazine groups is 1. The molecule has 0 saturated heterocycles. The third kappa shape index (κ3) is 4.51. The van der Waals surface area contributed by atoms with Gasteiger partial charge in [0.1, 0.15) is 0 Å². The number of aryl methyl sites for hydroxylation is 1. The van der Waals surface area contributed by atoms with E-state index in [1.807, 2.05) is 51.0 Å². The van der Waals surface area contributed by atoms with Gasteiger partial charge in [-0.15, -0.1) is 0 Å². The molecule has 0 aromatic heterocycles. The average molecular weight is 278 g/mol. The lowest BCUT2D eigenvalue weighted by molar-refractivity contribution is 0.0758. The number of nitrogens with one attached hydrogen (secondary N) is 1. The van der Waals surface area contributed by atoms with Crippen molar-refractivity contribution in [2.24, 2.45) is 5.84 Å². The molecule has 5 nitrogen and oxygen atoms in total. The van der Waals surface area contributed by atoms with Crippen LogP contribution < -0.4 is 11.3 Å². The number of carbonyl (C=O) groups excluding carboxylic acids is 1. The molecule has 20 heavy (non-hydrogen) atoms. The van der Waals surface area contributed by atoms with E-state index in [0.29, 0.717) is 0 Å². The summed E-state index contributed by atoms with van der Waals surface area (Å²) in [5.74, 6) is 5.47. The van der Waals surface area contributed by atoms with Crippen LogP contribution in [0.25, 0.3) is 0 Å². The smallest absolute Gasteiger partial charge is 0.254 e. The molecule has 0 saturated carbocycles. The average Bonchev–Trinajstić information content (AvgIpc) is 2.42. The summed E-state index contributed by atoms with van der Waals surface area (Å²) in [5.41, 5.74) is 5.10. The number of hydrogen-bond donors (Lipinski definition) is 2. The molecule has 1 rings (SSSR count). The minimum absolute atomic E-state index is 0.0901. The lowest BCUT2D eigenvalue weighted by Crippen LogP contribution is -2.33. The molecule has 5 heteroatoms. The van der Waals surface area contributed by atoms with Crippen molar-refractivity contribution < 1.29 is 4.79 Å². The molecular weight excluding hydrogens is 252 g/mol. The largest absolute Gasteiger partial charge is 0.339 e. The van der Waals surface area contributed by atoms with Gasteiger partial charge in [0.05, 0.1) is 0 Å². The highest BCUT2D eigenvalue weighted by Crippen LogP contribution is 2.16. The summed E-state index contributed by atoms with van der Waals surface area (Å²) in [6.45, 7) is 6.44.